The predicted octanol–water partition coefficient (Wildman–Crippen LogP) is 13.0. The lowest BCUT2D eigenvalue weighted by atomic mass is 9.99. The number of fused-ring (bicyclic) bond motifs is 10. The molecule has 6 nitrogen and oxygen atoms in total. The molecule has 0 amide bonds. The van der Waals surface area contributed by atoms with Gasteiger partial charge in [0.05, 0.1) is 22.1 Å². The number of hydrogen-bond acceptors (Lipinski definition) is 4. The molecule has 0 aliphatic heterocycles. The van der Waals surface area contributed by atoms with Crippen LogP contribution in [0, 0.1) is 0 Å². The number of benzene rings is 8. The van der Waals surface area contributed by atoms with Crippen LogP contribution in [0.15, 0.2) is 192 Å². The van der Waals surface area contributed by atoms with Crippen LogP contribution in [0.2, 0.25) is 0 Å². The lowest BCUT2D eigenvalue weighted by Crippen LogP contribution is -2.07. The fourth-order valence-electron chi connectivity index (χ4n) is 8.69. The number of para-hydroxylation sites is 2. The molecule has 12 aromatic rings. The molecule has 0 saturated heterocycles. The first-order chi connectivity index (χ1) is 28.3. The summed E-state index contributed by atoms with van der Waals surface area (Å²) in [6.07, 6.45) is 0. The van der Waals surface area contributed by atoms with Crippen molar-refractivity contribution in [2.45, 2.75) is 0 Å². The van der Waals surface area contributed by atoms with Crippen LogP contribution in [0.1, 0.15) is 0 Å². The number of aromatic nitrogens is 5. The van der Waals surface area contributed by atoms with Gasteiger partial charge in [-0.05, 0) is 47.5 Å². The molecule has 0 N–H and O–H groups in total. The molecular weight excluding hydrogens is 699 g/mol. The number of nitrogens with zero attached hydrogens (tertiary/aromatic N) is 5. The quantitative estimate of drug-likeness (QED) is 0.177. The Balaban J connectivity index is 1.21. The first-order valence-electron chi connectivity index (χ1n) is 19.1. The van der Waals surface area contributed by atoms with Gasteiger partial charge in [-0.1, -0.05) is 152 Å². The van der Waals surface area contributed by atoms with Gasteiger partial charge >= 0.3 is 0 Å². The molecule has 0 aliphatic rings. The summed E-state index contributed by atoms with van der Waals surface area (Å²) < 4.78 is 11.2. The molecule has 0 aliphatic carbocycles. The Morgan fingerprint density at radius 2 is 0.912 bits per heavy atom. The lowest BCUT2D eigenvalue weighted by Gasteiger charge is -2.13. The molecule has 0 saturated carbocycles. The average molecular weight is 730 g/mol. The Morgan fingerprint density at radius 1 is 0.368 bits per heavy atom. The van der Waals surface area contributed by atoms with Gasteiger partial charge in [-0.3, -0.25) is 4.57 Å². The number of furan rings is 1. The van der Waals surface area contributed by atoms with E-state index in [1.54, 1.807) is 0 Å². The second-order valence-corrected chi connectivity index (χ2v) is 14.4. The molecule has 4 aromatic heterocycles. The minimum atomic E-state index is 0.557. The molecule has 57 heavy (non-hydrogen) atoms. The van der Waals surface area contributed by atoms with E-state index in [1.807, 2.05) is 36.4 Å². The summed E-state index contributed by atoms with van der Waals surface area (Å²) in [6, 6.07) is 65.5. The first kappa shape index (κ1) is 31.5. The summed E-state index contributed by atoms with van der Waals surface area (Å²) in [5, 5.41) is 6.72. The maximum absolute atomic E-state index is 6.51. The maximum atomic E-state index is 6.51. The fraction of sp³-hybridized carbons (Fsp3) is 0. The predicted molar refractivity (Wildman–Crippen MR) is 232 cm³/mol. The van der Waals surface area contributed by atoms with Gasteiger partial charge in [0, 0.05) is 49.1 Å². The van der Waals surface area contributed by atoms with Crippen LogP contribution < -0.4 is 0 Å². The van der Waals surface area contributed by atoms with E-state index in [9.17, 15) is 0 Å². The van der Waals surface area contributed by atoms with Crippen molar-refractivity contribution in [3.8, 4) is 45.5 Å². The van der Waals surface area contributed by atoms with Gasteiger partial charge in [-0.2, -0.15) is 9.97 Å². The van der Waals surface area contributed by atoms with E-state index < -0.39 is 0 Å². The zero-order chi connectivity index (χ0) is 37.5. The van der Waals surface area contributed by atoms with Crippen molar-refractivity contribution < 1.29 is 4.42 Å². The third kappa shape index (κ3) is 4.81. The Bertz CT molecular complexity index is 3450. The van der Waals surface area contributed by atoms with Crippen molar-refractivity contribution in [1.29, 1.82) is 0 Å². The van der Waals surface area contributed by atoms with Gasteiger partial charge in [0.1, 0.15) is 11.2 Å². The van der Waals surface area contributed by atoms with Crippen LogP contribution in [0.4, 0.5) is 0 Å². The van der Waals surface area contributed by atoms with Crippen molar-refractivity contribution in [3.63, 3.8) is 0 Å². The van der Waals surface area contributed by atoms with E-state index in [0.717, 1.165) is 88.1 Å². The maximum Gasteiger partial charge on any atom is 0.238 e. The van der Waals surface area contributed by atoms with E-state index in [-0.39, 0.29) is 0 Å². The monoisotopic (exact) mass is 729 g/mol. The highest BCUT2D eigenvalue weighted by Crippen LogP contribution is 2.43. The zero-order valence-electron chi connectivity index (χ0n) is 30.5. The highest BCUT2D eigenvalue weighted by atomic mass is 16.3. The molecular formula is C51H31N5O. The minimum absolute atomic E-state index is 0.557. The van der Waals surface area contributed by atoms with Gasteiger partial charge in [0.2, 0.25) is 5.95 Å². The number of hydrogen-bond donors (Lipinski definition) is 0. The van der Waals surface area contributed by atoms with Crippen molar-refractivity contribution in [3.05, 3.63) is 188 Å². The molecule has 4 heterocycles. The zero-order valence-corrected chi connectivity index (χ0v) is 30.5. The molecule has 0 atom stereocenters. The van der Waals surface area contributed by atoms with Crippen molar-refractivity contribution in [1.82, 2.24) is 24.1 Å². The summed E-state index contributed by atoms with van der Waals surface area (Å²) in [5.74, 6) is 1.79. The van der Waals surface area contributed by atoms with Gasteiger partial charge in [-0.25, -0.2) is 4.98 Å². The summed E-state index contributed by atoms with van der Waals surface area (Å²) >= 11 is 0. The van der Waals surface area contributed by atoms with Crippen LogP contribution in [0.3, 0.4) is 0 Å². The van der Waals surface area contributed by atoms with E-state index >= 15 is 0 Å². The molecule has 0 radical (unpaired) electrons. The normalized spacial score (nSPS) is 11.9. The molecule has 12 rings (SSSR count). The van der Waals surface area contributed by atoms with Crippen molar-refractivity contribution >= 4 is 65.6 Å². The second kappa shape index (κ2) is 12.3. The first-order valence-corrected chi connectivity index (χ1v) is 19.1. The summed E-state index contributed by atoms with van der Waals surface area (Å²) in [4.78, 5) is 15.6. The van der Waals surface area contributed by atoms with Crippen LogP contribution >= 0.6 is 0 Å². The van der Waals surface area contributed by atoms with Gasteiger partial charge in [0.25, 0.3) is 0 Å². The highest BCUT2D eigenvalue weighted by Gasteiger charge is 2.24. The van der Waals surface area contributed by atoms with Crippen LogP contribution in [0.5, 0.6) is 0 Å². The average Bonchev–Trinajstić information content (AvgIpc) is 3.95. The summed E-state index contributed by atoms with van der Waals surface area (Å²) in [5.41, 5.74) is 11.1. The second-order valence-electron chi connectivity index (χ2n) is 14.4. The molecule has 8 aromatic carbocycles. The molecule has 0 unspecified atom stereocenters. The minimum Gasteiger partial charge on any atom is -0.456 e. The molecule has 0 fully saturated rings. The Hall–Kier alpha value is -7.83. The van der Waals surface area contributed by atoms with Gasteiger partial charge in [-0.15, -0.1) is 0 Å². The Labute approximate surface area is 326 Å². The third-order valence-corrected chi connectivity index (χ3v) is 11.2. The van der Waals surface area contributed by atoms with Crippen LogP contribution in [0.25, 0.3) is 111 Å². The topological polar surface area (TPSA) is 61.7 Å². The van der Waals surface area contributed by atoms with E-state index in [0.29, 0.717) is 17.6 Å². The molecule has 266 valence electrons. The van der Waals surface area contributed by atoms with E-state index in [2.05, 4.69) is 161 Å². The standard InChI is InChI=1S/C51H31N5O/c1-4-15-32(16-5-1)36-23-14-26-45-46(36)41-31-35(27-30-44(41)57-45)55-42-24-12-10-21-37(42)39-28-29-40-38-22-11-13-25-43(38)56(48(40)47(39)55)51-53-49(33-17-6-2-7-18-33)52-50(54-51)34-19-8-3-9-20-34/h1-31H. The van der Waals surface area contributed by atoms with Crippen molar-refractivity contribution in [2.24, 2.45) is 0 Å². The number of rotatable bonds is 5. The van der Waals surface area contributed by atoms with E-state index in [1.165, 1.54) is 5.39 Å². The third-order valence-electron chi connectivity index (χ3n) is 11.2. The molecule has 6 heteroatoms. The lowest BCUT2D eigenvalue weighted by molar-refractivity contribution is 0.669. The van der Waals surface area contributed by atoms with Crippen LogP contribution in [-0.4, -0.2) is 24.1 Å². The highest BCUT2D eigenvalue weighted by molar-refractivity contribution is 6.24. The van der Waals surface area contributed by atoms with Crippen molar-refractivity contribution in [2.75, 3.05) is 0 Å². The van der Waals surface area contributed by atoms with Gasteiger partial charge in [0.15, 0.2) is 11.6 Å². The largest absolute Gasteiger partial charge is 0.456 e. The molecule has 0 bridgehead atoms. The SMILES string of the molecule is c1ccc(-c2nc(-c3ccccc3)nc(-n3c4ccccc4c4ccc5c6ccccc6n(-c6ccc7oc8cccc(-c9ccccc9)c8c7c6)c5c43)n2)cc1. The van der Waals surface area contributed by atoms with Gasteiger partial charge < -0.3 is 8.98 Å². The van der Waals surface area contributed by atoms with E-state index in [4.69, 9.17) is 19.4 Å². The summed E-state index contributed by atoms with van der Waals surface area (Å²) in [6.45, 7) is 0. The Morgan fingerprint density at radius 3 is 1.54 bits per heavy atom. The Kier molecular flexibility index (Phi) is 6.83. The summed E-state index contributed by atoms with van der Waals surface area (Å²) in [7, 11) is 0. The molecule has 0 spiro atoms. The van der Waals surface area contributed by atoms with Crippen LogP contribution in [-0.2, 0) is 0 Å². The fourth-order valence-corrected chi connectivity index (χ4v) is 8.69. The smallest absolute Gasteiger partial charge is 0.238 e.